The summed E-state index contributed by atoms with van der Waals surface area (Å²) in [6.45, 7) is 5.57. The van der Waals surface area contributed by atoms with Gasteiger partial charge in [0.25, 0.3) is 0 Å². The molecule has 0 fully saturated rings. The van der Waals surface area contributed by atoms with Crippen LogP contribution >= 0.6 is 0 Å². The molecule has 0 bridgehead atoms. The molecule has 0 aliphatic heterocycles. The summed E-state index contributed by atoms with van der Waals surface area (Å²) in [5.41, 5.74) is -0.390. The molecule has 0 saturated carbocycles. The number of hydrogen-bond donors (Lipinski definition) is 1. The summed E-state index contributed by atoms with van der Waals surface area (Å²) >= 11 is 0. The third-order valence-corrected chi connectivity index (χ3v) is 2.64. The van der Waals surface area contributed by atoms with Gasteiger partial charge in [-0.2, -0.15) is 0 Å². The SMILES string of the molecule is Cn1ccnc1CCC(=O)C(O)C(C)(C)C. The van der Waals surface area contributed by atoms with Crippen LogP contribution in [0, 0.1) is 5.41 Å². The van der Waals surface area contributed by atoms with Crippen LogP contribution in [0.25, 0.3) is 0 Å². The molecule has 1 rings (SSSR count). The summed E-state index contributed by atoms with van der Waals surface area (Å²) in [6, 6.07) is 0. The van der Waals surface area contributed by atoms with Crippen molar-refractivity contribution in [1.29, 1.82) is 0 Å². The highest BCUT2D eigenvalue weighted by Gasteiger charge is 2.28. The smallest absolute Gasteiger partial charge is 0.162 e. The minimum absolute atomic E-state index is 0.115. The van der Waals surface area contributed by atoms with Gasteiger partial charge in [-0.05, 0) is 5.41 Å². The minimum atomic E-state index is -0.896. The van der Waals surface area contributed by atoms with E-state index in [1.807, 2.05) is 38.6 Å². The number of carbonyl (C=O) groups excluding carboxylic acids is 1. The monoisotopic (exact) mass is 224 g/mol. The molecule has 0 amide bonds. The van der Waals surface area contributed by atoms with E-state index in [0.29, 0.717) is 12.8 Å². The van der Waals surface area contributed by atoms with Crippen LogP contribution in [-0.2, 0) is 18.3 Å². The molecule has 1 heterocycles. The van der Waals surface area contributed by atoms with E-state index in [-0.39, 0.29) is 5.78 Å². The molecule has 1 aromatic rings. The normalized spacial score (nSPS) is 13.8. The second kappa shape index (κ2) is 4.78. The van der Waals surface area contributed by atoms with Gasteiger partial charge < -0.3 is 9.67 Å². The van der Waals surface area contributed by atoms with Crippen LogP contribution in [0.4, 0.5) is 0 Å². The highest BCUT2D eigenvalue weighted by Crippen LogP contribution is 2.21. The maximum Gasteiger partial charge on any atom is 0.162 e. The fraction of sp³-hybridized carbons (Fsp3) is 0.667. The van der Waals surface area contributed by atoms with Gasteiger partial charge in [0.05, 0.1) is 0 Å². The Morgan fingerprint density at radius 2 is 2.19 bits per heavy atom. The standard InChI is InChI=1S/C12H20N2O2/c1-12(2,3)11(16)9(15)5-6-10-13-7-8-14(10)4/h7-8,11,16H,5-6H2,1-4H3. The van der Waals surface area contributed by atoms with Crippen LogP contribution < -0.4 is 0 Å². The molecule has 1 N–H and O–H groups in total. The molecule has 1 atom stereocenters. The fourth-order valence-electron chi connectivity index (χ4n) is 1.49. The highest BCUT2D eigenvalue weighted by atomic mass is 16.3. The second-order valence-corrected chi connectivity index (χ2v) is 5.19. The zero-order valence-electron chi connectivity index (χ0n) is 10.4. The number of Topliss-reactive ketones (excluding diaryl/α,β-unsaturated/α-hetero) is 1. The molecule has 1 unspecified atom stereocenters. The summed E-state index contributed by atoms with van der Waals surface area (Å²) in [5, 5.41) is 9.78. The van der Waals surface area contributed by atoms with Crippen LogP contribution in [0.1, 0.15) is 33.0 Å². The zero-order chi connectivity index (χ0) is 12.3. The molecule has 0 radical (unpaired) electrons. The largest absolute Gasteiger partial charge is 0.385 e. The first-order chi connectivity index (χ1) is 7.32. The third-order valence-electron chi connectivity index (χ3n) is 2.64. The van der Waals surface area contributed by atoms with E-state index >= 15 is 0 Å². The Hall–Kier alpha value is -1.16. The molecule has 16 heavy (non-hydrogen) atoms. The van der Waals surface area contributed by atoms with Crippen LogP contribution in [0.2, 0.25) is 0 Å². The number of imidazole rings is 1. The number of rotatable bonds is 4. The van der Waals surface area contributed by atoms with E-state index in [1.165, 1.54) is 0 Å². The lowest BCUT2D eigenvalue weighted by molar-refractivity contribution is -0.132. The van der Waals surface area contributed by atoms with Gasteiger partial charge in [-0.3, -0.25) is 4.79 Å². The van der Waals surface area contributed by atoms with Crippen molar-refractivity contribution in [3.63, 3.8) is 0 Å². The van der Waals surface area contributed by atoms with E-state index in [4.69, 9.17) is 0 Å². The molecule has 0 saturated heterocycles. The molecule has 0 spiro atoms. The molecule has 4 heteroatoms. The average Bonchev–Trinajstić information content (AvgIpc) is 2.58. The zero-order valence-corrected chi connectivity index (χ0v) is 10.4. The maximum atomic E-state index is 11.7. The van der Waals surface area contributed by atoms with Gasteiger partial charge in [-0.15, -0.1) is 0 Å². The molecular formula is C12H20N2O2. The fourth-order valence-corrected chi connectivity index (χ4v) is 1.49. The summed E-state index contributed by atoms with van der Waals surface area (Å²) < 4.78 is 1.89. The van der Waals surface area contributed by atoms with Crippen molar-refractivity contribution in [3.8, 4) is 0 Å². The van der Waals surface area contributed by atoms with Crippen LogP contribution in [0.15, 0.2) is 12.4 Å². The second-order valence-electron chi connectivity index (χ2n) is 5.19. The van der Waals surface area contributed by atoms with Gasteiger partial charge in [0, 0.05) is 32.3 Å². The molecular weight excluding hydrogens is 204 g/mol. The molecule has 0 aromatic carbocycles. The topological polar surface area (TPSA) is 55.1 Å². The Kier molecular flexibility index (Phi) is 3.86. The summed E-state index contributed by atoms with van der Waals surface area (Å²) in [6.07, 6.45) is 3.58. The molecule has 0 aliphatic carbocycles. The van der Waals surface area contributed by atoms with Gasteiger partial charge in [0.1, 0.15) is 11.9 Å². The Bertz CT molecular complexity index is 363. The predicted molar refractivity (Wildman–Crippen MR) is 62.0 cm³/mol. The first-order valence-electron chi connectivity index (χ1n) is 5.49. The number of nitrogens with zero attached hydrogens (tertiary/aromatic N) is 2. The minimum Gasteiger partial charge on any atom is -0.385 e. The molecule has 4 nitrogen and oxygen atoms in total. The van der Waals surface area contributed by atoms with Crippen molar-refractivity contribution in [2.75, 3.05) is 0 Å². The first-order valence-corrected chi connectivity index (χ1v) is 5.49. The quantitative estimate of drug-likeness (QED) is 0.839. The lowest BCUT2D eigenvalue weighted by atomic mass is 9.85. The van der Waals surface area contributed by atoms with Gasteiger partial charge in [-0.1, -0.05) is 20.8 Å². The highest BCUT2D eigenvalue weighted by molar-refractivity contribution is 5.83. The van der Waals surface area contributed by atoms with Crippen molar-refractivity contribution in [2.45, 2.75) is 39.7 Å². The molecule has 90 valence electrons. The number of carbonyl (C=O) groups is 1. The van der Waals surface area contributed by atoms with Crippen LogP contribution in [0.5, 0.6) is 0 Å². The van der Waals surface area contributed by atoms with E-state index in [9.17, 15) is 9.90 Å². The summed E-state index contributed by atoms with van der Waals surface area (Å²) in [5.74, 6) is 0.755. The number of aryl methyl sites for hydroxylation is 2. The number of aromatic nitrogens is 2. The lowest BCUT2D eigenvalue weighted by Gasteiger charge is -2.24. The Labute approximate surface area is 96.3 Å². The van der Waals surface area contributed by atoms with Crippen molar-refractivity contribution in [3.05, 3.63) is 18.2 Å². The average molecular weight is 224 g/mol. The number of hydrogen-bond acceptors (Lipinski definition) is 3. The lowest BCUT2D eigenvalue weighted by Crippen LogP contribution is -2.34. The first kappa shape index (κ1) is 12.9. The van der Waals surface area contributed by atoms with Crippen molar-refractivity contribution < 1.29 is 9.90 Å². The third kappa shape index (κ3) is 3.17. The van der Waals surface area contributed by atoms with Crippen molar-refractivity contribution in [2.24, 2.45) is 12.5 Å². The molecule has 0 aliphatic rings. The number of aliphatic hydroxyl groups is 1. The Morgan fingerprint density at radius 3 is 2.62 bits per heavy atom. The van der Waals surface area contributed by atoms with Gasteiger partial charge in [0.2, 0.25) is 0 Å². The van der Waals surface area contributed by atoms with E-state index in [1.54, 1.807) is 6.20 Å². The van der Waals surface area contributed by atoms with E-state index in [2.05, 4.69) is 4.98 Å². The maximum absolute atomic E-state index is 11.7. The van der Waals surface area contributed by atoms with E-state index in [0.717, 1.165) is 5.82 Å². The van der Waals surface area contributed by atoms with Gasteiger partial charge >= 0.3 is 0 Å². The Balaban J connectivity index is 2.51. The van der Waals surface area contributed by atoms with E-state index < -0.39 is 11.5 Å². The number of aliphatic hydroxyl groups excluding tert-OH is 1. The Morgan fingerprint density at radius 1 is 1.56 bits per heavy atom. The summed E-state index contributed by atoms with van der Waals surface area (Å²) in [4.78, 5) is 15.8. The van der Waals surface area contributed by atoms with Crippen molar-refractivity contribution >= 4 is 5.78 Å². The van der Waals surface area contributed by atoms with Crippen LogP contribution in [-0.4, -0.2) is 26.5 Å². The number of ketones is 1. The predicted octanol–water partition coefficient (Wildman–Crippen LogP) is 1.33. The van der Waals surface area contributed by atoms with Gasteiger partial charge in [0.15, 0.2) is 5.78 Å². The van der Waals surface area contributed by atoms with Crippen molar-refractivity contribution in [1.82, 2.24) is 9.55 Å². The summed E-state index contributed by atoms with van der Waals surface area (Å²) in [7, 11) is 1.90. The molecule has 1 aromatic heterocycles. The van der Waals surface area contributed by atoms with Crippen LogP contribution in [0.3, 0.4) is 0 Å². The van der Waals surface area contributed by atoms with Gasteiger partial charge in [-0.25, -0.2) is 4.98 Å².